The fourth-order valence-corrected chi connectivity index (χ4v) is 2.34. The first kappa shape index (κ1) is 9.47. The summed E-state index contributed by atoms with van der Waals surface area (Å²) in [6, 6.07) is 1.41. The maximum atomic E-state index is 5.65. The molecule has 76 valence electrons. The second kappa shape index (κ2) is 3.97. The molecule has 1 aliphatic heterocycles. The monoisotopic (exact) mass is 183 g/mol. The predicted molar refractivity (Wildman–Crippen MR) is 53.8 cm³/mol. The average molecular weight is 183 g/mol. The van der Waals surface area contributed by atoms with E-state index in [0.717, 1.165) is 25.2 Å². The first-order valence-corrected chi connectivity index (χ1v) is 5.62. The molecule has 1 heterocycles. The largest absolute Gasteiger partial charge is 0.380 e. The SMILES string of the molecule is CC(C)N1CCCOC[C@@H]1C1CC1. The van der Waals surface area contributed by atoms with Crippen molar-refractivity contribution in [3.05, 3.63) is 0 Å². The van der Waals surface area contributed by atoms with Crippen molar-refractivity contribution in [2.45, 2.75) is 45.2 Å². The van der Waals surface area contributed by atoms with Crippen molar-refractivity contribution in [1.29, 1.82) is 0 Å². The number of nitrogens with zero attached hydrogens (tertiary/aromatic N) is 1. The van der Waals surface area contributed by atoms with Gasteiger partial charge in [-0.15, -0.1) is 0 Å². The molecule has 0 spiro atoms. The first-order valence-electron chi connectivity index (χ1n) is 5.62. The maximum absolute atomic E-state index is 5.65. The molecule has 2 fully saturated rings. The summed E-state index contributed by atoms with van der Waals surface area (Å²) in [6.07, 6.45) is 4.07. The zero-order valence-electron chi connectivity index (χ0n) is 8.83. The van der Waals surface area contributed by atoms with E-state index in [4.69, 9.17) is 4.74 Å². The van der Waals surface area contributed by atoms with E-state index < -0.39 is 0 Å². The van der Waals surface area contributed by atoms with Gasteiger partial charge in [0.15, 0.2) is 0 Å². The molecule has 1 saturated carbocycles. The highest BCUT2D eigenvalue weighted by atomic mass is 16.5. The minimum Gasteiger partial charge on any atom is -0.380 e. The molecule has 2 aliphatic rings. The lowest BCUT2D eigenvalue weighted by atomic mass is 10.1. The van der Waals surface area contributed by atoms with Crippen molar-refractivity contribution in [3.8, 4) is 0 Å². The summed E-state index contributed by atoms with van der Waals surface area (Å²) >= 11 is 0. The summed E-state index contributed by atoms with van der Waals surface area (Å²) in [6.45, 7) is 7.79. The lowest BCUT2D eigenvalue weighted by Crippen LogP contribution is -2.43. The van der Waals surface area contributed by atoms with Gasteiger partial charge < -0.3 is 4.74 Å². The number of hydrogen-bond acceptors (Lipinski definition) is 2. The Labute approximate surface area is 81.3 Å². The van der Waals surface area contributed by atoms with Crippen LogP contribution in [0.4, 0.5) is 0 Å². The third-order valence-corrected chi connectivity index (χ3v) is 3.25. The summed E-state index contributed by atoms with van der Waals surface area (Å²) in [5, 5.41) is 0. The fourth-order valence-electron chi connectivity index (χ4n) is 2.34. The minimum absolute atomic E-state index is 0.687. The summed E-state index contributed by atoms with van der Waals surface area (Å²) in [4.78, 5) is 2.64. The third kappa shape index (κ3) is 2.23. The van der Waals surface area contributed by atoms with Crippen molar-refractivity contribution in [2.24, 2.45) is 5.92 Å². The molecule has 0 aromatic heterocycles. The topological polar surface area (TPSA) is 12.5 Å². The summed E-state index contributed by atoms with van der Waals surface area (Å²) in [5.74, 6) is 0.945. The molecule has 1 saturated heterocycles. The van der Waals surface area contributed by atoms with Crippen molar-refractivity contribution in [3.63, 3.8) is 0 Å². The van der Waals surface area contributed by atoms with Gasteiger partial charge in [0.2, 0.25) is 0 Å². The number of ether oxygens (including phenoxy) is 1. The first-order chi connectivity index (χ1) is 6.29. The van der Waals surface area contributed by atoms with Crippen LogP contribution >= 0.6 is 0 Å². The van der Waals surface area contributed by atoms with E-state index in [1.54, 1.807) is 0 Å². The smallest absolute Gasteiger partial charge is 0.0624 e. The fraction of sp³-hybridized carbons (Fsp3) is 1.00. The van der Waals surface area contributed by atoms with E-state index in [0.29, 0.717) is 6.04 Å². The van der Waals surface area contributed by atoms with Gasteiger partial charge in [-0.05, 0) is 39.0 Å². The van der Waals surface area contributed by atoms with Crippen LogP contribution in [0.5, 0.6) is 0 Å². The minimum atomic E-state index is 0.687. The van der Waals surface area contributed by atoms with E-state index in [-0.39, 0.29) is 0 Å². The zero-order valence-corrected chi connectivity index (χ0v) is 8.83. The van der Waals surface area contributed by atoms with Crippen molar-refractivity contribution in [2.75, 3.05) is 19.8 Å². The van der Waals surface area contributed by atoms with Crippen LogP contribution in [0.2, 0.25) is 0 Å². The lowest BCUT2D eigenvalue weighted by molar-refractivity contribution is 0.0756. The molecular formula is C11H21NO. The van der Waals surface area contributed by atoms with Crippen LogP contribution in [0.1, 0.15) is 33.1 Å². The highest BCUT2D eigenvalue weighted by Crippen LogP contribution is 2.36. The standard InChI is InChI=1S/C11H21NO/c1-9(2)12-6-3-7-13-8-11(12)10-4-5-10/h9-11H,3-8H2,1-2H3/t11-/m1/s1. The Balaban J connectivity index is 1.99. The maximum Gasteiger partial charge on any atom is 0.0624 e. The van der Waals surface area contributed by atoms with Gasteiger partial charge in [0.25, 0.3) is 0 Å². The van der Waals surface area contributed by atoms with Crippen molar-refractivity contribution in [1.82, 2.24) is 4.90 Å². The molecule has 0 amide bonds. The van der Waals surface area contributed by atoms with Crippen LogP contribution in [-0.2, 0) is 4.74 Å². The molecule has 1 aliphatic carbocycles. The molecular weight excluding hydrogens is 162 g/mol. The molecule has 2 nitrogen and oxygen atoms in total. The van der Waals surface area contributed by atoms with Gasteiger partial charge >= 0.3 is 0 Å². The Morgan fingerprint density at radius 3 is 2.69 bits per heavy atom. The van der Waals surface area contributed by atoms with Crippen LogP contribution < -0.4 is 0 Å². The summed E-state index contributed by atoms with van der Waals surface area (Å²) in [5.41, 5.74) is 0. The van der Waals surface area contributed by atoms with Gasteiger partial charge in [0.05, 0.1) is 6.61 Å². The Morgan fingerprint density at radius 2 is 2.08 bits per heavy atom. The van der Waals surface area contributed by atoms with Gasteiger partial charge in [0, 0.05) is 25.2 Å². The number of rotatable bonds is 2. The van der Waals surface area contributed by atoms with E-state index >= 15 is 0 Å². The van der Waals surface area contributed by atoms with Crippen LogP contribution in [0.15, 0.2) is 0 Å². The molecule has 0 aromatic rings. The lowest BCUT2D eigenvalue weighted by Gasteiger charge is -2.32. The van der Waals surface area contributed by atoms with Crippen molar-refractivity contribution < 1.29 is 4.74 Å². The van der Waals surface area contributed by atoms with E-state index in [9.17, 15) is 0 Å². The molecule has 0 N–H and O–H groups in total. The van der Waals surface area contributed by atoms with Crippen LogP contribution in [0.25, 0.3) is 0 Å². The van der Waals surface area contributed by atoms with E-state index in [2.05, 4.69) is 18.7 Å². The molecule has 2 rings (SSSR count). The molecule has 1 atom stereocenters. The van der Waals surface area contributed by atoms with Gasteiger partial charge in [0.1, 0.15) is 0 Å². The predicted octanol–water partition coefficient (Wildman–Crippen LogP) is 1.90. The summed E-state index contributed by atoms with van der Waals surface area (Å²) in [7, 11) is 0. The van der Waals surface area contributed by atoms with E-state index in [1.807, 2.05) is 0 Å². The van der Waals surface area contributed by atoms with Gasteiger partial charge in [-0.3, -0.25) is 4.90 Å². The summed E-state index contributed by atoms with van der Waals surface area (Å²) < 4.78 is 5.65. The molecule has 2 heteroatoms. The van der Waals surface area contributed by atoms with Crippen LogP contribution in [-0.4, -0.2) is 36.7 Å². The zero-order chi connectivity index (χ0) is 9.26. The normalized spacial score (nSPS) is 32.1. The molecule has 0 unspecified atom stereocenters. The highest BCUT2D eigenvalue weighted by Gasteiger charge is 2.36. The third-order valence-electron chi connectivity index (χ3n) is 3.25. The highest BCUT2D eigenvalue weighted by molar-refractivity contribution is 4.90. The molecule has 0 aromatic carbocycles. The Kier molecular flexibility index (Phi) is 2.89. The van der Waals surface area contributed by atoms with Crippen LogP contribution in [0, 0.1) is 5.92 Å². The van der Waals surface area contributed by atoms with Crippen LogP contribution in [0.3, 0.4) is 0 Å². The Morgan fingerprint density at radius 1 is 1.31 bits per heavy atom. The van der Waals surface area contributed by atoms with Gasteiger partial charge in [-0.1, -0.05) is 0 Å². The number of hydrogen-bond donors (Lipinski definition) is 0. The average Bonchev–Trinajstić information content (AvgIpc) is 2.91. The van der Waals surface area contributed by atoms with Gasteiger partial charge in [-0.2, -0.15) is 0 Å². The Hall–Kier alpha value is -0.0800. The Bertz CT molecular complexity index is 155. The molecule has 13 heavy (non-hydrogen) atoms. The van der Waals surface area contributed by atoms with Gasteiger partial charge in [-0.25, -0.2) is 0 Å². The second-order valence-electron chi connectivity index (χ2n) is 4.66. The molecule has 0 radical (unpaired) electrons. The quantitative estimate of drug-likeness (QED) is 0.648. The van der Waals surface area contributed by atoms with E-state index in [1.165, 1.54) is 25.8 Å². The van der Waals surface area contributed by atoms with Crippen molar-refractivity contribution >= 4 is 0 Å². The molecule has 0 bridgehead atoms. The second-order valence-corrected chi connectivity index (χ2v) is 4.66.